The average Bonchev–Trinajstić information content (AvgIpc) is 1.88. The molecule has 0 bridgehead atoms. The highest BCUT2D eigenvalue weighted by molar-refractivity contribution is 5.55. The Kier molecular flexibility index (Phi) is 1.76. The lowest BCUT2D eigenvalue weighted by Crippen LogP contribution is -1.79. The molecule has 0 unspecified atom stereocenters. The summed E-state index contributed by atoms with van der Waals surface area (Å²) in [6, 6.07) is 7.78. The van der Waals surface area contributed by atoms with E-state index in [9.17, 15) is 0 Å². The molecule has 1 aromatic rings. The second-order valence-corrected chi connectivity index (χ2v) is 2.34. The molecule has 1 nitrogen and oxygen atoms in total. The van der Waals surface area contributed by atoms with Gasteiger partial charge in [-0.25, -0.2) is 0 Å². The molecule has 0 atom stereocenters. The summed E-state index contributed by atoms with van der Waals surface area (Å²) in [5.41, 5.74) is 2.11. The molecule has 2 N–H and O–H groups in total. The minimum atomic E-state index is 0.375. The van der Waals surface area contributed by atoms with Crippen LogP contribution < -0.4 is 0 Å². The monoisotopic (exact) mass is 135 g/mol. The van der Waals surface area contributed by atoms with E-state index in [0.29, 0.717) is 5.76 Å². The van der Waals surface area contributed by atoms with Crippen LogP contribution in [0.2, 0.25) is 0 Å². The molecular formula is C9H11O+. The Bertz CT molecular complexity index is 233. The van der Waals surface area contributed by atoms with Gasteiger partial charge in [-0.05, 0) is 25.6 Å². The van der Waals surface area contributed by atoms with Crippen LogP contribution in [0.4, 0.5) is 0 Å². The largest absolute Gasteiger partial charge is 0.593 e. The first-order valence-electron chi connectivity index (χ1n) is 3.17. The van der Waals surface area contributed by atoms with Crippen LogP contribution in [0.15, 0.2) is 30.8 Å². The Morgan fingerprint density at radius 3 is 2.20 bits per heavy atom. The Labute approximate surface area is 60.6 Å². The molecule has 10 heavy (non-hydrogen) atoms. The van der Waals surface area contributed by atoms with Crippen molar-refractivity contribution in [1.82, 2.24) is 0 Å². The Morgan fingerprint density at radius 2 is 1.80 bits per heavy atom. The number of aryl methyl sites for hydroxylation is 1. The third kappa shape index (κ3) is 1.38. The topological polar surface area (TPSA) is 22.9 Å². The van der Waals surface area contributed by atoms with Gasteiger partial charge in [0.25, 0.3) is 5.76 Å². The quantitative estimate of drug-likeness (QED) is 0.413. The van der Waals surface area contributed by atoms with Gasteiger partial charge in [0.2, 0.25) is 0 Å². The number of hydrogen-bond acceptors (Lipinski definition) is 0. The van der Waals surface area contributed by atoms with E-state index in [1.54, 1.807) is 0 Å². The maximum absolute atomic E-state index is 7.19. The fourth-order valence-electron chi connectivity index (χ4n) is 0.755. The van der Waals surface area contributed by atoms with E-state index in [1.807, 2.05) is 31.2 Å². The fourth-order valence-corrected chi connectivity index (χ4v) is 0.755. The van der Waals surface area contributed by atoms with Crippen LogP contribution in [0.25, 0.3) is 5.76 Å². The molecule has 1 heteroatoms. The van der Waals surface area contributed by atoms with Gasteiger partial charge < -0.3 is 5.11 Å². The van der Waals surface area contributed by atoms with Gasteiger partial charge in [-0.1, -0.05) is 17.7 Å². The normalized spacial score (nSPS) is 9.30. The van der Waals surface area contributed by atoms with Gasteiger partial charge in [-0.3, -0.25) is 0 Å². The summed E-state index contributed by atoms with van der Waals surface area (Å²) in [5.74, 6) is 0.375. The lowest BCUT2D eigenvalue weighted by molar-refractivity contribution is 0.514. The van der Waals surface area contributed by atoms with Crippen LogP contribution in [0.5, 0.6) is 0 Å². The zero-order valence-electron chi connectivity index (χ0n) is 6.02. The number of benzene rings is 1. The van der Waals surface area contributed by atoms with Gasteiger partial charge >= 0.3 is 0 Å². The molecule has 1 aromatic carbocycles. The van der Waals surface area contributed by atoms with Crippen molar-refractivity contribution in [2.24, 2.45) is 0 Å². The predicted molar refractivity (Wildman–Crippen MR) is 43.8 cm³/mol. The summed E-state index contributed by atoms with van der Waals surface area (Å²) in [6.07, 6.45) is 0. The second kappa shape index (κ2) is 2.56. The fraction of sp³-hybridized carbons (Fsp3) is 0.111. The Balaban J connectivity index is 3.00. The van der Waals surface area contributed by atoms with Crippen molar-refractivity contribution in [1.29, 1.82) is 0 Å². The smallest absolute Gasteiger partial charge is 0.253 e. The van der Waals surface area contributed by atoms with E-state index in [0.717, 1.165) is 5.56 Å². The molecule has 0 fully saturated rings. The highest BCUT2D eigenvalue weighted by atomic mass is 16.3. The van der Waals surface area contributed by atoms with E-state index in [-0.39, 0.29) is 0 Å². The molecule has 0 amide bonds. The van der Waals surface area contributed by atoms with E-state index >= 15 is 0 Å². The summed E-state index contributed by atoms with van der Waals surface area (Å²) in [6.45, 7) is 5.55. The first-order valence-corrected chi connectivity index (χ1v) is 3.17. The average molecular weight is 135 g/mol. The molecular weight excluding hydrogens is 124 g/mol. The molecule has 0 aliphatic heterocycles. The summed E-state index contributed by atoms with van der Waals surface area (Å²) in [7, 11) is 0. The first-order chi connectivity index (χ1) is 4.70. The van der Waals surface area contributed by atoms with E-state index < -0.39 is 0 Å². The van der Waals surface area contributed by atoms with Crippen molar-refractivity contribution >= 4 is 5.76 Å². The molecule has 52 valence electrons. The summed E-state index contributed by atoms with van der Waals surface area (Å²) in [5, 5.41) is 7.19. The van der Waals surface area contributed by atoms with Crippen LogP contribution in [-0.2, 0) is 0 Å². The summed E-state index contributed by atoms with van der Waals surface area (Å²) >= 11 is 0. The minimum absolute atomic E-state index is 0.375. The Hall–Kier alpha value is -1.24. The second-order valence-electron chi connectivity index (χ2n) is 2.34. The van der Waals surface area contributed by atoms with Crippen LogP contribution in [0, 0.1) is 6.92 Å². The maximum Gasteiger partial charge on any atom is 0.253 e. The molecule has 0 saturated heterocycles. The summed E-state index contributed by atoms with van der Waals surface area (Å²) < 4.78 is 0. The number of rotatable bonds is 1. The maximum atomic E-state index is 7.19. The van der Waals surface area contributed by atoms with Gasteiger partial charge in [-0.15, -0.1) is 0 Å². The van der Waals surface area contributed by atoms with Crippen molar-refractivity contribution in [3.8, 4) is 0 Å². The molecule has 0 aliphatic rings. The molecule has 0 saturated carbocycles. The van der Waals surface area contributed by atoms with Crippen molar-refractivity contribution in [2.75, 3.05) is 0 Å². The molecule has 0 aromatic heterocycles. The highest BCUT2D eigenvalue weighted by Gasteiger charge is 1.96. The van der Waals surface area contributed by atoms with Gasteiger partial charge in [0, 0.05) is 0 Å². The third-order valence-corrected chi connectivity index (χ3v) is 1.40. The molecule has 0 aliphatic carbocycles. The van der Waals surface area contributed by atoms with Crippen molar-refractivity contribution in [3.05, 3.63) is 42.0 Å². The van der Waals surface area contributed by atoms with E-state index in [4.69, 9.17) is 5.11 Å². The minimum Gasteiger partial charge on any atom is -0.593 e. The molecule has 0 radical (unpaired) electrons. The zero-order chi connectivity index (χ0) is 7.56. The van der Waals surface area contributed by atoms with Crippen LogP contribution in [0.3, 0.4) is 0 Å². The Morgan fingerprint density at radius 1 is 1.30 bits per heavy atom. The van der Waals surface area contributed by atoms with Crippen molar-refractivity contribution < 1.29 is 5.11 Å². The molecule has 0 spiro atoms. The van der Waals surface area contributed by atoms with Crippen LogP contribution >= 0.6 is 0 Å². The SMILES string of the molecule is C=C([OH2+])c1ccc(C)cc1. The number of hydrogen-bond donors (Lipinski definition) is 0. The molecule has 0 heterocycles. The van der Waals surface area contributed by atoms with Crippen molar-refractivity contribution in [3.63, 3.8) is 0 Å². The summed E-state index contributed by atoms with van der Waals surface area (Å²) in [4.78, 5) is 0. The molecule has 1 rings (SSSR count). The highest BCUT2D eigenvalue weighted by Crippen LogP contribution is 2.09. The van der Waals surface area contributed by atoms with Crippen LogP contribution in [0.1, 0.15) is 11.1 Å². The van der Waals surface area contributed by atoms with Crippen LogP contribution in [-0.4, -0.2) is 5.11 Å². The zero-order valence-corrected chi connectivity index (χ0v) is 6.02. The van der Waals surface area contributed by atoms with Gasteiger partial charge in [0.15, 0.2) is 0 Å². The first kappa shape index (κ1) is 6.87. The predicted octanol–water partition coefficient (Wildman–Crippen LogP) is 1.69. The van der Waals surface area contributed by atoms with Gasteiger partial charge in [0.1, 0.15) is 0 Å². The van der Waals surface area contributed by atoms with Crippen molar-refractivity contribution in [2.45, 2.75) is 6.92 Å². The van der Waals surface area contributed by atoms with E-state index in [2.05, 4.69) is 6.58 Å². The lowest BCUT2D eigenvalue weighted by atomic mass is 10.1. The standard InChI is InChI=1S/C9H10O/c1-7-3-5-9(6-4-7)8(2)10/h3-6,10H,2H2,1H3/p+1. The third-order valence-electron chi connectivity index (χ3n) is 1.40. The van der Waals surface area contributed by atoms with E-state index in [1.165, 1.54) is 5.56 Å². The van der Waals surface area contributed by atoms with Gasteiger partial charge in [0.05, 0.1) is 5.56 Å². The van der Waals surface area contributed by atoms with Gasteiger partial charge in [-0.2, -0.15) is 0 Å². The lowest BCUT2D eigenvalue weighted by Gasteiger charge is -1.94.